The van der Waals surface area contributed by atoms with E-state index < -0.39 is 29.5 Å². The molecule has 1 amide bonds. The molecule has 0 bridgehead atoms. The van der Waals surface area contributed by atoms with Crippen LogP contribution < -0.4 is 10.1 Å². The largest absolute Gasteiger partial charge is 0.503 e. The van der Waals surface area contributed by atoms with Crippen LogP contribution in [0.3, 0.4) is 0 Å². The molecule has 6 nitrogen and oxygen atoms in total. The number of carbonyl (C=O) groups excluding carboxylic acids is 1. The minimum Gasteiger partial charge on any atom is -0.503 e. The second kappa shape index (κ2) is 9.34. The fourth-order valence-electron chi connectivity index (χ4n) is 1.33. The van der Waals surface area contributed by atoms with Gasteiger partial charge in [-0.25, -0.2) is 0 Å². The van der Waals surface area contributed by atoms with Crippen LogP contribution in [-0.4, -0.2) is 28.1 Å². The van der Waals surface area contributed by atoms with Gasteiger partial charge in [0.1, 0.15) is 11.7 Å². The number of rotatable bonds is 3. The molecule has 1 heterocycles. The van der Waals surface area contributed by atoms with Gasteiger partial charge in [0.05, 0.1) is 10.9 Å². The summed E-state index contributed by atoms with van der Waals surface area (Å²) in [6, 6.07) is 0.678. The second-order valence-corrected chi connectivity index (χ2v) is 4.84. The summed E-state index contributed by atoms with van der Waals surface area (Å²) in [6.07, 6.45) is -3.54. The molecular weight excluding hydrogens is 430 g/mol. The molecule has 0 aliphatic heterocycles. The van der Waals surface area contributed by atoms with Gasteiger partial charge in [0, 0.05) is 32.7 Å². The maximum absolute atomic E-state index is 12.8. The smallest absolute Gasteiger partial charge is 0.421 e. The Morgan fingerprint density at radius 3 is 2.25 bits per heavy atom. The minimum absolute atomic E-state index is 0. The maximum Gasteiger partial charge on any atom is 0.421 e. The molecule has 0 spiro atoms. The van der Waals surface area contributed by atoms with Crippen LogP contribution in [0.15, 0.2) is 6.07 Å². The predicted octanol–water partition coefficient (Wildman–Crippen LogP) is 2.97. The van der Waals surface area contributed by atoms with E-state index in [4.69, 9.17) is 26.2 Å². The van der Waals surface area contributed by atoms with Crippen LogP contribution in [0.5, 0.6) is 5.88 Å². The number of nitrogens with one attached hydrogen (secondary N) is 1. The van der Waals surface area contributed by atoms with Crippen LogP contribution in [-0.2, 0) is 48.5 Å². The number of aliphatic carboxylic acids is 1. The zero-order valence-corrected chi connectivity index (χ0v) is 15.8. The van der Waals surface area contributed by atoms with Crippen molar-refractivity contribution in [3.63, 3.8) is 0 Å². The van der Waals surface area contributed by atoms with Gasteiger partial charge in [0.2, 0.25) is 5.88 Å². The molecule has 1 radical (unpaired) electrons. The van der Waals surface area contributed by atoms with Crippen molar-refractivity contribution in [3.05, 3.63) is 30.5 Å². The Hall–Kier alpha value is -1.19. The van der Waals surface area contributed by atoms with Crippen molar-refractivity contribution in [1.29, 1.82) is 0 Å². The minimum atomic E-state index is -4.63. The first-order chi connectivity index (χ1) is 10.5. The third-order valence-electron chi connectivity index (χ3n) is 2.31. The van der Waals surface area contributed by atoms with E-state index in [9.17, 15) is 18.0 Å². The van der Waals surface area contributed by atoms with Crippen LogP contribution in [0.4, 0.5) is 19.0 Å². The summed E-state index contributed by atoms with van der Waals surface area (Å²) in [7, 11) is 0. The Morgan fingerprint density at radius 2 is 1.88 bits per heavy atom. The maximum atomic E-state index is 12.8. The Bertz CT molecular complexity index is 606. The number of carboxylic acids is 1. The molecular formula is C13H12ClF3N2O4Y-2. The van der Waals surface area contributed by atoms with Crippen LogP contribution in [0.1, 0.15) is 18.4 Å². The van der Waals surface area contributed by atoms with Crippen LogP contribution in [0, 0.1) is 13.8 Å². The average Bonchev–Trinajstić information content (AvgIpc) is 3.14. The number of carboxylic acid groups (broad SMARTS) is 1. The van der Waals surface area contributed by atoms with E-state index in [2.05, 4.69) is 24.1 Å². The van der Waals surface area contributed by atoms with Gasteiger partial charge in [-0.1, -0.05) is 11.6 Å². The van der Waals surface area contributed by atoms with Gasteiger partial charge in [-0.15, -0.1) is 0 Å². The molecule has 0 aromatic carbocycles. The normalized spacial score (nSPS) is 13.0. The first-order valence-corrected chi connectivity index (χ1v) is 6.50. The molecule has 0 atom stereocenters. The van der Waals surface area contributed by atoms with Crippen LogP contribution in [0.2, 0.25) is 5.02 Å². The number of alkyl halides is 3. The molecule has 2 N–H and O–H groups in total. The topological polar surface area (TPSA) is 88.5 Å². The number of anilines is 1. The van der Waals surface area contributed by atoms with Crippen molar-refractivity contribution >= 4 is 29.3 Å². The Labute approximate surface area is 166 Å². The summed E-state index contributed by atoms with van der Waals surface area (Å²) < 4.78 is 43.5. The second-order valence-electron chi connectivity index (χ2n) is 4.43. The SMILES string of the molecule is [CH2-]C(=O)Nc1nc(OC2CC2)c(C(F)(F)F)cc1Cl.[CH2-]C(=O)O.[Y]. The standard InChI is InChI=1S/C11H9ClF3N2O2.C2H3O2.Y/c1-5(18)16-9-8(12)4-7(11(13,14)15)10(17-9)19-6-2-3-6;1-2(3)4;/h4,6H,1-3H2,(H,16,17,18);1H2,(H,3,4);/q2*-1;. The summed E-state index contributed by atoms with van der Waals surface area (Å²) >= 11 is 5.64. The number of amides is 1. The van der Waals surface area contributed by atoms with Crippen molar-refractivity contribution in [2.75, 3.05) is 5.32 Å². The monoisotopic (exact) mass is 441 g/mol. The molecule has 1 aliphatic rings. The van der Waals surface area contributed by atoms with Crippen molar-refractivity contribution < 1.29 is 65.3 Å². The van der Waals surface area contributed by atoms with Crippen molar-refractivity contribution in [3.8, 4) is 5.88 Å². The zero-order valence-electron chi connectivity index (χ0n) is 12.2. The third kappa shape index (κ3) is 8.07. The quantitative estimate of drug-likeness (QED) is 0.704. The van der Waals surface area contributed by atoms with Crippen LogP contribution >= 0.6 is 11.6 Å². The Balaban J connectivity index is 0.000000954. The van der Waals surface area contributed by atoms with Gasteiger partial charge in [0.15, 0.2) is 11.8 Å². The van der Waals surface area contributed by atoms with Crippen LogP contribution in [0.25, 0.3) is 0 Å². The van der Waals surface area contributed by atoms with Gasteiger partial charge in [-0.2, -0.15) is 18.2 Å². The van der Waals surface area contributed by atoms with E-state index in [-0.39, 0.29) is 49.7 Å². The van der Waals surface area contributed by atoms with Crippen molar-refractivity contribution in [1.82, 2.24) is 4.98 Å². The predicted molar refractivity (Wildman–Crippen MR) is 74.9 cm³/mol. The number of hydrogen-bond donors (Lipinski definition) is 2. The molecule has 1 aromatic heterocycles. The Kier molecular flexibility index (Phi) is 8.88. The number of carbonyl (C=O) groups is 2. The summed E-state index contributed by atoms with van der Waals surface area (Å²) in [4.78, 5) is 23.3. The zero-order chi connectivity index (χ0) is 17.8. The van der Waals surface area contributed by atoms with Gasteiger partial charge in [0.25, 0.3) is 0 Å². The van der Waals surface area contributed by atoms with E-state index in [1.54, 1.807) is 0 Å². The third-order valence-corrected chi connectivity index (χ3v) is 2.60. The number of hydrogen-bond acceptors (Lipinski definition) is 4. The van der Waals surface area contributed by atoms with E-state index in [1.165, 1.54) is 0 Å². The molecule has 0 unspecified atom stereocenters. The number of pyridine rings is 1. The number of nitrogens with zero attached hydrogens (tertiary/aromatic N) is 1. The molecule has 1 aromatic rings. The number of ether oxygens (including phenoxy) is 1. The molecule has 2 rings (SSSR count). The Morgan fingerprint density at radius 1 is 1.38 bits per heavy atom. The average molecular weight is 442 g/mol. The van der Waals surface area contributed by atoms with E-state index in [0.29, 0.717) is 18.9 Å². The summed E-state index contributed by atoms with van der Waals surface area (Å²) in [6.45, 7) is 5.59. The molecule has 1 aliphatic carbocycles. The first-order valence-electron chi connectivity index (χ1n) is 6.13. The van der Waals surface area contributed by atoms with Crippen molar-refractivity contribution in [2.24, 2.45) is 0 Å². The van der Waals surface area contributed by atoms with E-state index in [1.807, 2.05) is 0 Å². The van der Waals surface area contributed by atoms with Gasteiger partial charge >= 0.3 is 6.18 Å². The van der Waals surface area contributed by atoms with Crippen molar-refractivity contribution in [2.45, 2.75) is 25.1 Å². The molecule has 0 saturated heterocycles. The van der Waals surface area contributed by atoms with Gasteiger partial charge in [-0.05, 0) is 18.9 Å². The molecule has 24 heavy (non-hydrogen) atoms. The molecule has 131 valence electrons. The number of halogens is 4. The van der Waals surface area contributed by atoms with Gasteiger partial charge in [-0.3, -0.25) is 11.7 Å². The van der Waals surface area contributed by atoms with Gasteiger partial charge < -0.3 is 26.9 Å². The fourth-order valence-corrected chi connectivity index (χ4v) is 1.53. The molecule has 1 fully saturated rings. The van der Waals surface area contributed by atoms with E-state index >= 15 is 0 Å². The summed E-state index contributed by atoms with van der Waals surface area (Å²) in [5, 5.41) is 9.12. The first kappa shape index (κ1) is 22.8. The molecule has 11 heteroatoms. The fraction of sp³-hybridized carbons (Fsp3) is 0.308. The number of aromatic nitrogens is 1. The molecule has 1 saturated carbocycles. The summed E-state index contributed by atoms with van der Waals surface area (Å²) in [5.41, 5.74) is -1.06. The van der Waals surface area contributed by atoms with E-state index in [0.717, 1.165) is 0 Å². The summed E-state index contributed by atoms with van der Waals surface area (Å²) in [5.74, 6) is -2.60.